The molecule has 0 saturated carbocycles. The molecule has 10 heteroatoms. The van der Waals surface area contributed by atoms with Crippen molar-refractivity contribution in [1.29, 1.82) is 0 Å². The lowest BCUT2D eigenvalue weighted by Crippen LogP contribution is -2.37. The molecular weight excluding hydrogens is 870 g/mol. The number of nitrogens with zero attached hydrogens (tertiary/aromatic N) is 1. The van der Waals surface area contributed by atoms with Gasteiger partial charge in [0, 0.05) is 12.8 Å². The number of phosphoric ester groups is 1. The van der Waals surface area contributed by atoms with E-state index < -0.39 is 26.5 Å². The van der Waals surface area contributed by atoms with Crippen LogP contribution < -0.4 is 0 Å². The van der Waals surface area contributed by atoms with Crippen molar-refractivity contribution in [2.45, 2.75) is 225 Å². The van der Waals surface area contributed by atoms with Gasteiger partial charge >= 0.3 is 19.8 Å². The highest BCUT2D eigenvalue weighted by atomic mass is 31.2. The molecule has 0 rings (SSSR count). The predicted molar refractivity (Wildman–Crippen MR) is 289 cm³/mol. The van der Waals surface area contributed by atoms with E-state index in [2.05, 4.69) is 98.9 Å². The van der Waals surface area contributed by atoms with E-state index in [4.69, 9.17) is 18.5 Å². The van der Waals surface area contributed by atoms with Crippen LogP contribution in [0.1, 0.15) is 219 Å². The molecule has 0 spiro atoms. The van der Waals surface area contributed by atoms with Gasteiger partial charge in [0.05, 0.1) is 27.7 Å². The highest BCUT2D eigenvalue weighted by Gasteiger charge is 2.27. The van der Waals surface area contributed by atoms with E-state index in [9.17, 15) is 19.0 Å². The van der Waals surface area contributed by atoms with E-state index in [0.717, 1.165) is 96.3 Å². The minimum atomic E-state index is -4.39. The number of esters is 2. The van der Waals surface area contributed by atoms with Crippen LogP contribution in [0.15, 0.2) is 85.1 Å². The van der Waals surface area contributed by atoms with Gasteiger partial charge in [0.25, 0.3) is 0 Å². The SMILES string of the molecule is CC/C=C\C/C=C\C/C=C\C/C=C\C/C=C\C/C=C\CCCCCCCCCCCCCCC(=O)OC(COC(=O)CCCCCCC/C=C\CCCCCC)COP(=O)(O)OCC[N+](C)(C)C. The van der Waals surface area contributed by atoms with E-state index in [1.54, 1.807) is 0 Å². The van der Waals surface area contributed by atoms with E-state index >= 15 is 0 Å². The number of carbonyl (C=O) groups excluding carboxylic acids is 2. The summed E-state index contributed by atoms with van der Waals surface area (Å²) in [5.74, 6) is -0.812. The standard InChI is InChI=1S/C58H102NO8P/c1-6-8-10-12-14-16-18-20-21-22-23-24-25-26-27-28-29-30-31-32-33-34-35-36-37-39-41-43-45-47-49-51-58(61)67-56(55-66-68(62,63)65-53-52-59(3,4)5)54-64-57(60)50-48-46-44-42-40-38-19-17-15-13-11-9-7-2/h8,10,14,16-17,19-21,23-24,26-27,29-30,56H,6-7,9,11-13,15,18,22,25,28,31-55H2,1-5H3/p+1/b10-8-,16-14-,19-17-,21-20-,24-23-,27-26-,30-29-. The number of allylic oxidation sites excluding steroid dienone is 14. The van der Waals surface area contributed by atoms with E-state index in [1.807, 2.05) is 21.1 Å². The summed E-state index contributed by atoms with van der Waals surface area (Å²) in [6.45, 7) is 4.28. The van der Waals surface area contributed by atoms with Crippen molar-refractivity contribution >= 4 is 19.8 Å². The van der Waals surface area contributed by atoms with Crippen molar-refractivity contribution in [3.05, 3.63) is 85.1 Å². The lowest BCUT2D eigenvalue weighted by atomic mass is 10.0. The van der Waals surface area contributed by atoms with Crippen molar-refractivity contribution in [3.63, 3.8) is 0 Å². The molecule has 2 atom stereocenters. The number of likely N-dealkylation sites (N-methyl/N-ethyl adjacent to an activating group) is 1. The van der Waals surface area contributed by atoms with Gasteiger partial charge in [-0.25, -0.2) is 4.57 Å². The van der Waals surface area contributed by atoms with Crippen molar-refractivity contribution in [1.82, 2.24) is 0 Å². The van der Waals surface area contributed by atoms with Gasteiger partial charge in [0.15, 0.2) is 6.10 Å². The molecule has 9 nitrogen and oxygen atoms in total. The molecule has 0 aromatic carbocycles. The zero-order valence-corrected chi connectivity index (χ0v) is 45.2. The van der Waals surface area contributed by atoms with Gasteiger partial charge in [-0.15, -0.1) is 0 Å². The summed E-state index contributed by atoms with van der Waals surface area (Å²) in [7, 11) is 1.46. The normalized spacial score (nSPS) is 14.0. The molecule has 0 aromatic rings. The van der Waals surface area contributed by atoms with Crippen LogP contribution in [0, 0.1) is 0 Å². The van der Waals surface area contributed by atoms with Gasteiger partial charge in [-0.1, -0.05) is 202 Å². The second-order valence-corrected chi connectivity index (χ2v) is 20.7. The lowest BCUT2D eigenvalue weighted by molar-refractivity contribution is -0.870. The summed E-state index contributed by atoms with van der Waals surface area (Å²) in [5, 5.41) is 0. The average molecular weight is 973 g/mol. The molecule has 0 bridgehead atoms. The molecule has 2 unspecified atom stereocenters. The molecule has 0 aliphatic heterocycles. The van der Waals surface area contributed by atoms with E-state index in [0.29, 0.717) is 17.4 Å². The van der Waals surface area contributed by atoms with Gasteiger partial charge in [-0.05, 0) is 89.9 Å². The van der Waals surface area contributed by atoms with Gasteiger partial charge in [-0.3, -0.25) is 18.6 Å². The minimum Gasteiger partial charge on any atom is -0.462 e. The van der Waals surface area contributed by atoms with Crippen molar-refractivity contribution in [2.24, 2.45) is 0 Å². The topological polar surface area (TPSA) is 108 Å². The van der Waals surface area contributed by atoms with Gasteiger partial charge in [0.2, 0.25) is 0 Å². The maximum absolute atomic E-state index is 12.8. The third-order valence-electron chi connectivity index (χ3n) is 11.4. The minimum absolute atomic E-state index is 0.0272. The van der Waals surface area contributed by atoms with Crippen LogP contribution in [-0.4, -0.2) is 74.9 Å². The first kappa shape index (κ1) is 65.2. The number of quaternary nitrogens is 1. The van der Waals surface area contributed by atoms with Crippen LogP contribution in [-0.2, 0) is 32.7 Å². The molecule has 68 heavy (non-hydrogen) atoms. The summed E-state index contributed by atoms with van der Waals surface area (Å²) in [6.07, 6.45) is 65.0. The Hall–Kier alpha value is -2.81. The maximum atomic E-state index is 12.8. The van der Waals surface area contributed by atoms with Crippen LogP contribution in [0.25, 0.3) is 0 Å². The number of ether oxygens (including phenoxy) is 2. The summed E-state index contributed by atoms with van der Waals surface area (Å²) < 4.78 is 34.5. The van der Waals surface area contributed by atoms with Gasteiger partial charge in [0.1, 0.15) is 19.8 Å². The second-order valence-electron chi connectivity index (χ2n) is 19.2. The number of hydrogen-bond acceptors (Lipinski definition) is 7. The predicted octanol–water partition coefficient (Wildman–Crippen LogP) is 16.7. The van der Waals surface area contributed by atoms with Crippen molar-refractivity contribution in [3.8, 4) is 0 Å². The molecule has 0 aromatic heterocycles. The first-order chi connectivity index (χ1) is 33.0. The Kier molecular flexibility index (Phi) is 47.2. The molecule has 0 aliphatic rings. The Morgan fingerprint density at radius 1 is 0.471 bits per heavy atom. The van der Waals surface area contributed by atoms with E-state index in [-0.39, 0.29) is 32.0 Å². The monoisotopic (exact) mass is 973 g/mol. The van der Waals surface area contributed by atoms with Crippen LogP contribution in [0.2, 0.25) is 0 Å². The highest BCUT2D eigenvalue weighted by molar-refractivity contribution is 7.47. The van der Waals surface area contributed by atoms with Crippen LogP contribution in [0.4, 0.5) is 0 Å². The summed E-state index contributed by atoms with van der Waals surface area (Å²) in [5.41, 5.74) is 0. The number of rotatable bonds is 49. The smallest absolute Gasteiger partial charge is 0.462 e. The third kappa shape index (κ3) is 52.6. The Balaban J connectivity index is 4.13. The fourth-order valence-electron chi connectivity index (χ4n) is 7.19. The zero-order valence-electron chi connectivity index (χ0n) is 44.3. The summed E-state index contributed by atoms with van der Waals surface area (Å²) in [6, 6.07) is 0. The number of phosphoric acid groups is 1. The molecule has 0 fully saturated rings. The summed E-state index contributed by atoms with van der Waals surface area (Å²) >= 11 is 0. The second kappa shape index (κ2) is 49.2. The van der Waals surface area contributed by atoms with Crippen molar-refractivity contribution < 1.29 is 42.1 Å². The first-order valence-electron chi connectivity index (χ1n) is 27.3. The van der Waals surface area contributed by atoms with E-state index in [1.165, 1.54) is 89.9 Å². The number of unbranched alkanes of at least 4 members (excludes halogenated alkanes) is 21. The quantitative estimate of drug-likeness (QED) is 0.0211. The van der Waals surface area contributed by atoms with Gasteiger partial charge < -0.3 is 18.9 Å². The molecule has 0 heterocycles. The molecule has 0 saturated heterocycles. The molecule has 0 radical (unpaired) electrons. The average Bonchev–Trinajstić information content (AvgIpc) is 3.30. The Labute approximate surface area is 418 Å². The summed E-state index contributed by atoms with van der Waals surface area (Å²) in [4.78, 5) is 35.5. The number of carbonyl (C=O) groups is 2. The fourth-order valence-corrected chi connectivity index (χ4v) is 7.93. The molecular formula is C58H103NO8P+. The molecule has 0 amide bonds. The molecule has 1 N–H and O–H groups in total. The largest absolute Gasteiger partial charge is 0.472 e. The lowest BCUT2D eigenvalue weighted by Gasteiger charge is -2.24. The Morgan fingerprint density at radius 2 is 0.838 bits per heavy atom. The Bertz CT molecular complexity index is 1420. The fraction of sp³-hybridized carbons (Fsp3) is 0.724. The van der Waals surface area contributed by atoms with Crippen LogP contribution in [0.5, 0.6) is 0 Å². The maximum Gasteiger partial charge on any atom is 0.472 e. The van der Waals surface area contributed by atoms with Crippen LogP contribution in [0.3, 0.4) is 0 Å². The van der Waals surface area contributed by atoms with Crippen molar-refractivity contribution in [2.75, 3.05) is 47.5 Å². The van der Waals surface area contributed by atoms with Gasteiger partial charge in [-0.2, -0.15) is 0 Å². The highest BCUT2D eigenvalue weighted by Crippen LogP contribution is 2.43. The molecule has 392 valence electrons. The Morgan fingerprint density at radius 3 is 1.26 bits per heavy atom. The van der Waals surface area contributed by atoms with Crippen LogP contribution >= 0.6 is 7.82 Å². The third-order valence-corrected chi connectivity index (χ3v) is 12.4. The zero-order chi connectivity index (χ0) is 49.9. The number of hydrogen-bond donors (Lipinski definition) is 1. The first-order valence-corrected chi connectivity index (χ1v) is 28.8. The molecule has 0 aliphatic carbocycles.